The van der Waals surface area contributed by atoms with Crippen LogP contribution in [0.4, 0.5) is 4.79 Å². The lowest BCUT2D eigenvalue weighted by atomic mass is 10.1. The molecule has 2 heterocycles. The zero-order valence-electron chi connectivity index (χ0n) is 15.1. The van der Waals surface area contributed by atoms with Crippen molar-refractivity contribution >= 4 is 11.9 Å². The summed E-state index contributed by atoms with van der Waals surface area (Å²) >= 11 is 0. The molecular formula is C19H28N4O2. The van der Waals surface area contributed by atoms with Crippen LogP contribution in [0.3, 0.4) is 0 Å². The summed E-state index contributed by atoms with van der Waals surface area (Å²) in [4.78, 5) is 30.9. The van der Waals surface area contributed by atoms with E-state index in [4.69, 9.17) is 0 Å². The van der Waals surface area contributed by atoms with Crippen molar-refractivity contribution in [1.29, 1.82) is 0 Å². The molecule has 2 fully saturated rings. The lowest BCUT2D eigenvalue weighted by Gasteiger charge is -2.34. The number of urea groups is 1. The topological polar surface area (TPSA) is 55.9 Å². The van der Waals surface area contributed by atoms with E-state index in [1.165, 1.54) is 0 Å². The molecule has 2 saturated heterocycles. The molecule has 6 heteroatoms. The molecule has 1 aromatic carbocycles. The molecule has 0 spiro atoms. The minimum absolute atomic E-state index is 0.0312. The molecule has 2 atom stereocenters. The fraction of sp³-hybridized carbons (Fsp3) is 0.579. The van der Waals surface area contributed by atoms with E-state index >= 15 is 0 Å². The molecule has 0 radical (unpaired) electrons. The maximum atomic E-state index is 12.5. The van der Waals surface area contributed by atoms with Crippen LogP contribution in [0.1, 0.15) is 31.9 Å². The lowest BCUT2D eigenvalue weighted by molar-refractivity contribution is -0.129. The van der Waals surface area contributed by atoms with Gasteiger partial charge in [0.2, 0.25) is 5.91 Å². The Balaban J connectivity index is 1.53. The second-order valence-electron chi connectivity index (χ2n) is 6.90. The fourth-order valence-electron chi connectivity index (χ4n) is 3.65. The normalized spacial score (nSPS) is 23.0. The van der Waals surface area contributed by atoms with Crippen molar-refractivity contribution < 1.29 is 9.59 Å². The SMILES string of the molecule is CCN1CCN(C(=O)NC2CC(=O)N(C(C)c3ccccc3)C2)CC1. The van der Waals surface area contributed by atoms with E-state index in [-0.39, 0.29) is 24.0 Å². The molecule has 2 aliphatic rings. The van der Waals surface area contributed by atoms with E-state index < -0.39 is 0 Å². The summed E-state index contributed by atoms with van der Waals surface area (Å²) in [6.07, 6.45) is 0.387. The van der Waals surface area contributed by atoms with Gasteiger partial charge in [-0.2, -0.15) is 0 Å². The first-order valence-corrected chi connectivity index (χ1v) is 9.20. The summed E-state index contributed by atoms with van der Waals surface area (Å²) in [5, 5.41) is 3.05. The highest BCUT2D eigenvalue weighted by Gasteiger charge is 2.34. The van der Waals surface area contributed by atoms with E-state index in [9.17, 15) is 9.59 Å². The Morgan fingerprint density at radius 2 is 1.88 bits per heavy atom. The molecule has 6 nitrogen and oxygen atoms in total. The van der Waals surface area contributed by atoms with Crippen molar-refractivity contribution in [2.45, 2.75) is 32.4 Å². The maximum Gasteiger partial charge on any atom is 0.317 e. The zero-order chi connectivity index (χ0) is 17.8. The van der Waals surface area contributed by atoms with Crippen molar-refractivity contribution in [3.05, 3.63) is 35.9 Å². The van der Waals surface area contributed by atoms with Crippen LogP contribution in [0.2, 0.25) is 0 Å². The van der Waals surface area contributed by atoms with E-state index in [0.29, 0.717) is 13.0 Å². The predicted octanol–water partition coefficient (Wildman–Crippen LogP) is 1.70. The Morgan fingerprint density at radius 1 is 1.20 bits per heavy atom. The Labute approximate surface area is 149 Å². The van der Waals surface area contributed by atoms with Crippen LogP contribution < -0.4 is 5.32 Å². The highest BCUT2D eigenvalue weighted by Crippen LogP contribution is 2.25. The summed E-state index contributed by atoms with van der Waals surface area (Å²) in [6, 6.07) is 9.92. The molecule has 0 bridgehead atoms. The minimum Gasteiger partial charge on any atom is -0.334 e. The van der Waals surface area contributed by atoms with Gasteiger partial charge in [0.1, 0.15) is 0 Å². The number of rotatable bonds is 4. The highest BCUT2D eigenvalue weighted by atomic mass is 16.2. The van der Waals surface area contributed by atoms with E-state index in [1.807, 2.05) is 47.1 Å². The third kappa shape index (κ3) is 4.12. The molecule has 136 valence electrons. The molecule has 0 aromatic heterocycles. The number of nitrogens with one attached hydrogen (secondary N) is 1. The smallest absolute Gasteiger partial charge is 0.317 e. The van der Waals surface area contributed by atoms with Gasteiger partial charge in [0.05, 0.1) is 12.1 Å². The average Bonchev–Trinajstić information content (AvgIpc) is 3.02. The quantitative estimate of drug-likeness (QED) is 0.904. The summed E-state index contributed by atoms with van der Waals surface area (Å²) < 4.78 is 0. The number of carbonyl (C=O) groups excluding carboxylic acids is 2. The number of carbonyl (C=O) groups is 2. The van der Waals surface area contributed by atoms with E-state index in [1.54, 1.807) is 0 Å². The second-order valence-corrected chi connectivity index (χ2v) is 6.90. The van der Waals surface area contributed by atoms with Crippen LogP contribution in [0, 0.1) is 0 Å². The van der Waals surface area contributed by atoms with E-state index in [2.05, 4.69) is 17.1 Å². The number of benzene rings is 1. The monoisotopic (exact) mass is 344 g/mol. The lowest BCUT2D eigenvalue weighted by Crippen LogP contribution is -2.53. The molecule has 0 aliphatic carbocycles. The molecule has 2 aliphatic heterocycles. The summed E-state index contributed by atoms with van der Waals surface area (Å²) in [7, 11) is 0. The Bertz CT molecular complexity index is 599. The van der Waals surface area contributed by atoms with Crippen molar-refractivity contribution in [3.63, 3.8) is 0 Å². The Kier molecular flexibility index (Phi) is 5.58. The number of nitrogens with zero attached hydrogens (tertiary/aromatic N) is 3. The largest absolute Gasteiger partial charge is 0.334 e. The van der Waals surface area contributed by atoms with Gasteiger partial charge in [-0.05, 0) is 19.0 Å². The first-order chi connectivity index (χ1) is 12.1. The predicted molar refractivity (Wildman–Crippen MR) is 97.2 cm³/mol. The molecule has 2 unspecified atom stereocenters. The van der Waals surface area contributed by atoms with Crippen LogP contribution in [0.15, 0.2) is 30.3 Å². The number of likely N-dealkylation sites (N-methyl/N-ethyl adjacent to an activating group) is 1. The highest BCUT2D eigenvalue weighted by molar-refractivity contribution is 5.82. The van der Waals surface area contributed by atoms with Gasteiger partial charge in [-0.25, -0.2) is 4.79 Å². The van der Waals surface area contributed by atoms with Crippen LogP contribution in [-0.4, -0.2) is 71.9 Å². The van der Waals surface area contributed by atoms with Gasteiger partial charge in [0.15, 0.2) is 0 Å². The van der Waals surface area contributed by atoms with Gasteiger partial charge < -0.3 is 20.0 Å². The maximum absolute atomic E-state index is 12.5. The Morgan fingerprint density at radius 3 is 2.52 bits per heavy atom. The van der Waals surface area contributed by atoms with Crippen LogP contribution >= 0.6 is 0 Å². The summed E-state index contributed by atoms with van der Waals surface area (Å²) in [5.74, 6) is 0.109. The number of amides is 3. The van der Waals surface area contributed by atoms with Gasteiger partial charge >= 0.3 is 6.03 Å². The van der Waals surface area contributed by atoms with Crippen molar-refractivity contribution in [1.82, 2.24) is 20.0 Å². The van der Waals surface area contributed by atoms with Crippen molar-refractivity contribution in [2.75, 3.05) is 39.3 Å². The average molecular weight is 344 g/mol. The van der Waals surface area contributed by atoms with Gasteiger partial charge in [0.25, 0.3) is 0 Å². The van der Waals surface area contributed by atoms with Gasteiger partial charge in [0, 0.05) is 39.1 Å². The number of hydrogen-bond acceptors (Lipinski definition) is 3. The molecular weight excluding hydrogens is 316 g/mol. The van der Waals surface area contributed by atoms with Crippen molar-refractivity contribution in [2.24, 2.45) is 0 Å². The van der Waals surface area contributed by atoms with Gasteiger partial charge in [-0.1, -0.05) is 37.3 Å². The zero-order valence-corrected chi connectivity index (χ0v) is 15.1. The third-order valence-electron chi connectivity index (χ3n) is 5.34. The van der Waals surface area contributed by atoms with Gasteiger partial charge in [-0.15, -0.1) is 0 Å². The van der Waals surface area contributed by atoms with E-state index in [0.717, 1.165) is 38.3 Å². The summed E-state index contributed by atoms with van der Waals surface area (Å²) in [6.45, 7) is 9.14. The summed E-state index contributed by atoms with van der Waals surface area (Å²) in [5.41, 5.74) is 1.12. The molecule has 3 amide bonds. The van der Waals surface area contributed by atoms with Gasteiger partial charge in [-0.3, -0.25) is 4.79 Å². The third-order valence-corrected chi connectivity index (χ3v) is 5.34. The van der Waals surface area contributed by atoms with Crippen LogP contribution in [0.25, 0.3) is 0 Å². The molecule has 3 rings (SSSR count). The number of hydrogen-bond donors (Lipinski definition) is 1. The van der Waals surface area contributed by atoms with Crippen molar-refractivity contribution in [3.8, 4) is 0 Å². The molecule has 0 saturated carbocycles. The fourth-order valence-corrected chi connectivity index (χ4v) is 3.65. The number of likely N-dealkylation sites (tertiary alicyclic amines) is 1. The first kappa shape index (κ1) is 17.7. The van der Waals surface area contributed by atoms with Crippen LogP contribution in [-0.2, 0) is 4.79 Å². The second kappa shape index (κ2) is 7.87. The minimum atomic E-state index is -0.102. The Hall–Kier alpha value is -2.08. The molecule has 25 heavy (non-hydrogen) atoms. The standard InChI is InChI=1S/C19H28N4O2/c1-3-21-9-11-22(12-10-21)19(25)20-17-13-18(24)23(14-17)15(2)16-7-5-4-6-8-16/h4-8,15,17H,3,9-14H2,1-2H3,(H,20,25). The molecule has 1 N–H and O–H groups in total. The number of piperazine rings is 1. The van der Waals surface area contributed by atoms with Crippen LogP contribution in [0.5, 0.6) is 0 Å². The molecule has 1 aromatic rings. The first-order valence-electron chi connectivity index (χ1n) is 9.20.